The molecular weight excluding hydrogens is 316 g/mol. The summed E-state index contributed by atoms with van der Waals surface area (Å²) in [5.41, 5.74) is 1.14. The number of carbonyl (C=O) groups is 1. The van der Waals surface area contributed by atoms with E-state index in [1.54, 1.807) is 7.05 Å². The smallest absolute Gasteiger partial charge is 0.220 e. The summed E-state index contributed by atoms with van der Waals surface area (Å²) in [4.78, 5) is 24.7. The third kappa shape index (κ3) is 5.34. The van der Waals surface area contributed by atoms with Crippen molar-refractivity contribution in [3.05, 3.63) is 23.9 Å². The Labute approximate surface area is 150 Å². The SMILES string of the molecule is CN=C(NCc1cccnc1N(C)C)N1CCC(CC(=O)NC)CC1. The molecule has 1 aromatic heterocycles. The Bertz CT molecular complexity index is 593. The predicted octanol–water partition coefficient (Wildman–Crippen LogP) is 1.07. The quantitative estimate of drug-likeness (QED) is 0.616. The fourth-order valence-corrected chi connectivity index (χ4v) is 3.19. The van der Waals surface area contributed by atoms with Crippen LogP contribution >= 0.6 is 0 Å². The molecule has 0 bridgehead atoms. The van der Waals surface area contributed by atoms with Gasteiger partial charge in [0.25, 0.3) is 0 Å². The molecule has 1 aliphatic heterocycles. The van der Waals surface area contributed by atoms with Crippen LogP contribution in [0.1, 0.15) is 24.8 Å². The molecule has 7 nitrogen and oxygen atoms in total. The summed E-state index contributed by atoms with van der Waals surface area (Å²) < 4.78 is 0. The summed E-state index contributed by atoms with van der Waals surface area (Å²) in [5, 5.41) is 6.16. The van der Waals surface area contributed by atoms with Crippen LogP contribution in [0.3, 0.4) is 0 Å². The molecule has 1 amide bonds. The summed E-state index contributed by atoms with van der Waals surface area (Å²) in [6.45, 7) is 2.54. The highest BCUT2D eigenvalue weighted by atomic mass is 16.1. The molecule has 1 fully saturated rings. The molecule has 2 rings (SSSR count). The average Bonchev–Trinajstić information content (AvgIpc) is 2.63. The molecule has 2 heterocycles. The van der Waals surface area contributed by atoms with Crippen molar-refractivity contribution in [1.29, 1.82) is 0 Å². The van der Waals surface area contributed by atoms with Crippen LogP contribution < -0.4 is 15.5 Å². The number of likely N-dealkylation sites (tertiary alicyclic amines) is 1. The Hall–Kier alpha value is -2.31. The van der Waals surface area contributed by atoms with Gasteiger partial charge in [0.05, 0.1) is 0 Å². The van der Waals surface area contributed by atoms with Gasteiger partial charge in [0, 0.05) is 66.0 Å². The third-order valence-electron chi connectivity index (χ3n) is 4.61. The molecule has 2 N–H and O–H groups in total. The largest absolute Gasteiger partial charge is 0.362 e. The van der Waals surface area contributed by atoms with E-state index in [9.17, 15) is 4.79 Å². The summed E-state index contributed by atoms with van der Waals surface area (Å²) >= 11 is 0. The fraction of sp³-hybridized carbons (Fsp3) is 0.611. The van der Waals surface area contributed by atoms with Gasteiger partial charge >= 0.3 is 0 Å². The first-order valence-corrected chi connectivity index (χ1v) is 8.82. The van der Waals surface area contributed by atoms with Gasteiger partial charge in [-0.25, -0.2) is 4.98 Å². The molecule has 138 valence electrons. The summed E-state index contributed by atoms with van der Waals surface area (Å²) in [7, 11) is 7.51. The van der Waals surface area contributed by atoms with Gasteiger partial charge in [0.15, 0.2) is 5.96 Å². The van der Waals surface area contributed by atoms with Gasteiger partial charge in [-0.15, -0.1) is 0 Å². The van der Waals surface area contributed by atoms with Crippen molar-refractivity contribution in [2.75, 3.05) is 46.2 Å². The maximum absolute atomic E-state index is 11.5. The van der Waals surface area contributed by atoms with Gasteiger partial charge in [-0.1, -0.05) is 6.07 Å². The number of anilines is 1. The van der Waals surface area contributed by atoms with E-state index < -0.39 is 0 Å². The second-order valence-corrected chi connectivity index (χ2v) is 6.59. The number of pyridine rings is 1. The first-order chi connectivity index (χ1) is 12.0. The van der Waals surface area contributed by atoms with Crippen LogP contribution in [-0.2, 0) is 11.3 Å². The lowest BCUT2D eigenvalue weighted by atomic mass is 9.93. The molecule has 0 spiro atoms. The Morgan fingerprint density at radius 2 is 2.12 bits per heavy atom. The van der Waals surface area contributed by atoms with Crippen LogP contribution in [-0.4, -0.2) is 63.0 Å². The molecule has 0 aromatic carbocycles. The maximum atomic E-state index is 11.5. The van der Waals surface area contributed by atoms with Crippen molar-refractivity contribution in [3.8, 4) is 0 Å². The first kappa shape index (κ1) is 19.0. The lowest BCUT2D eigenvalue weighted by molar-refractivity contribution is -0.121. The third-order valence-corrected chi connectivity index (χ3v) is 4.61. The highest BCUT2D eigenvalue weighted by Crippen LogP contribution is 2.20. The van der Waals surface area contributed by atoms with Crippen molar-refractivity contribution >= 4 is 17.7 Å². The zero-order chi connectivity index (χ0) is 18.2. The van der Waals surface area contributed by atoms with Crippen LogP contribution in [0.25, 0.3) is 0 Å². The number of guanidine groups is 1. The van der Waals surface area contributed by atoms with Gasteiger partial charge in [0.2, 0.25) is 5.91 Å². The molecule has 0 aliphatic carbocycles. The Balaban J connectivity index is 1.89. The molecule has 1 aromatic rings. The van der Waals surface area contributed by atoms with Gasteiger partial charge < -0.3 is 20.4 Å². The zero-order valence-corrected chi connectivity index (χ0v) is 15.7. The fourth-order valence-electron chi connectivity index (χ4n) is 3.19. The molecule has 0 unspecified atom stereocenters. The number of amides is 1. The average molecular weight is 346 g/mol. The normalized spacial score (nSPS) is 15.8. The molecule has 7 heteroatoms. The minimum Gasteiger partial charge on any atom is -0.362 e. The van der Waals surface area contributed by atoms with Crippen molar-refractivity contribution < 1.29 is 4.79 Å². The predicted molar refractivity (Wildman–Crippen MR) is 102 cm³/mol. The summed E-state index contributed by atoms with van der Waals surface area (Å²) in [5.74, 6) is 2.48. The topological polar surface area (TPSA) is 72.9 Å². The number of piperidine rings is 1. The second kappa shape index (κ2) is 9.25. The van der Waals surface area contributed by atoms with Crippen molar-refractivity contribution in [3.63, 3.8) is 0 Å². The molecule has 1 saturated heterocycles. The molecule has 25 heavy (non-hydrogen) atoms. The number of nitrogens with one attached hydrogen (secondary N) is 2. The van der Waals surface area contributed by atoms with Crippen LogP contribution in [0.15, 0.2) is 23.3 Å². The zero-order valence-electron chi connectivity index (χ0n) is 15.7. The number of nitrogens with zero attached hydrogens (tertiary/aromatic N) is 4. The van der Waals surface area contributed by atoms with E-state index in [2.05, 4.69) is 31.6 Å². The van der Waals surface area contributed by atoms with Gasteiger partial charge in [-0.05, 0) is 24.8 Å². The van der Waals surface area contributed by atoms with E-state index in [0.29, 0.717) is 18.9 Å². The first-order valence-electron chi connectivity index (χ1n) is 8.82. The van der Waals surface area contributed by atoms with E-state index in [1.807, 2.05) is 38.3 Å². The molecule has 0 saturated carbocycles. The number of hydrogen-bond acceptors (Lipinski definition) is 4. The lowest BCUT2D eigenvalue weighted by Gasteiger charge is -2.34. The second-order valence-electron chi connectivity index (χ2n) is 6.59. The van der Waals surface area contributed by atoms with Crippen LogP contribution in [0.4, 0.5) is 5.82 Å². The minimum absolute atomic E-state index is 0.133. The lowest BCUT2D eigenvalue weighted by Crippen LogP contribution is -2.45. The van der Waals surface area contributed by atoms with Crippen molar-refractivity contribution in [2.24, 2.45) is 10.9 Å². The highest BCUT2D eigenvalue weighted by Gasteiger charge is 2.23. The molecule has 0 atom stereocenters. The van der Waals surface area contributed by atoms with Crippen molar-refractivity contribution in [2.45, 2.75) is 25.8 Å². The Morgan fingerprint density at radius 1 is 1.40 bits per heavy atom. The Morgan fingerprint density at radius 3 is 2.72 bits per heavy atom. The Kier molecular flexibility index (Phi) is 7.03. The molecule has 0 radical (unpaired) electrons. The van der Waals surface area contributed by atoms with E-state index in [0.717, 1.165) is 43.3 Å². The summed E-state index contributed by atoms with van der Waals surface area (Å²) in [6, 6.07) is 4.04. The monoisotopic (exact) mass is 346 g/mol. The van der Waals surface area contributed by atoms with Gasteiger partial charge in [-0.3, -0.25) is 9.79 Å². The minimum atomic E-state index is 0.133. The molecule has 1 aliphatic rings. The number of rotatable bonds is 5. The van der Waals surface area contributed by atoms with Gasteiger partial charge in [-0.2, -0.15) is 0 Å². The number of hydrogen-bond donors (Lipinski definition) is 2. The highest BCUT2D eigenvalue weighted by molar-refractivity contribution is 5.80. The van der Waals surface area contributed by atoms with Crippen molar-refractivity contribution in [1.82, 2.24) is 20.5 Å². The number of aliphatic imine (C=N–C) groups is 1. The van der Waals surface area contributed by atoms with E-state index in [1.165, 1.54) is 0 Å². The number of carbonyl (C=O) groups excluding carboxylic acids is 1. The van der Waals surface area contributed by atoms with Crippen LogP contribution in [0, 0.1) is 5.92 Å². The van der Waals surface area contributed by atoms with E-state index in [4.69, 9.17) is 0 Å². The van der Waals surface area contributed by atoms with Crippen LogP contribution in [0.5, 0.6) is 0 Å². The number of aromatic nitrogens is 1. The van der Waals surface area contributed by atoms with E-state index in [-0.39, 0.29) is 5.91 Å². The van der Waals surface area contributed by atoms with Crippen LogP contribution in [0.2, 0.25) is 0 Å². The standard InChI is InChI=1S/C18H30N6O/c1-19-16(25)12-14-7-10-24(11-8-14)18(20-2)22-13-15-6-5-9-21-17(15)23(3)4/h5-6,9,14H,7-8,10-13H2,1-4H3,(H,19,25)(H,20,22). The maximum Gasteiger partial charge on any atom is 0.220 e. The molecular formula is C18H30N6O. The van der Waals surface area contributed by atoms with Gasteiger partial charge in [0.1, 0.15) is 5.82 Å². The summed E-state index contributed by atoms with van der Waals surface area (Å²) in [6.07, 6.45) is 4.47. The van der Waals surface area contributed by atoms with E-state index >= 15 is 0 Å².